The van der Waals surface area contributed by atoms with Gasteiger partial charge in [0.15, 0.2) is 5.75 Å². The SMILES string of the molecule is CCOC(=O)c1nn(-c2cccc(Br)c2)c(=O)cc1OCc1ccc([N+](=O)[O-])cc1. The number of benzene rings is 2. The van der Waals surface area contributed by atoms with Gasteiger partial charge in [-0.25, -0.2) is 4.79 Å². The molecule has 0 aliphatic rings. The summed E-state index contributed by atoms with van der Waals surface area (Å²) in [6, 6.07) is 13.8. The van der Waals surface area contributed by atoms with Crippen LogP contribution in [0.15, 0.2) is 63.9 Å². The molecule has 0 N–H and O–H groups in total. The third-order valence-electron chi connectivity index (χ3n) is 3.96. The van der Waals surface area contributed by atoms with E-state index in [1.54, 1.807) is 31.2 Å². The molecule has 30 heavy (non-hydrogen) atoms. The van der Waals surface area contributed by atoms with Crippen molar-refractivity contribution < 1.29 is 19.2 Å². The maximum Gasteiger partial charge on any atom is 0.362 e. The van der Waals surface area contributed by atoms with Gasteiger partial charge >= 0.3 is 5.97 Å². The number of hydrogen-bond acceptors (Lipinski definition) is 7. The third kappa shape index (κ3) is 4.90. The predicted octanol–water partition coefficient (Wildman–Crippen LogP) is 3.66. The highest BCUT2D eigenvalue weighted by Gasteiger charge is 2.20. The monoisotopic (exact) mass is 473 g/mol. The van der Waals surface area contributed by atoms with Crippen molar-refractivity contribution in [3.05, 3.63) is 90.8 Å². The number of carbonyl (C=O) groups is 1. The number of aromatic nitrogens is 2. The van der Waals surface area contributed by atoms with Crippen molar-refractivity contribution in [1.82, 2.24) is 9.78 Å². The molecule has 1 heterocycles. The maximum absolute atomic E-state index is 12.6. The Balaban J connectivity index is 1.94. The van der Waals surface area contributed by atoms with Crippen LogP contribution in [-0.4, -0.2) is 27.3 Å². The van der Waals surface area contributed by atoms with Gasteiger partial charge in [0, 0.05) is 16.6 Å². The van der Waals surface area contributed by atoms with Gasteiger partial charge in [-0.15, -0.1) is 0 Å². The number of hydrogen-bond donors (Lipinski definition) is 0. The molecule has 3 aromatic rings. The Morgan fingerprint density at radius 3 is 2.57 bits per heavy atom. The zero-order valence-corrected chi connectivity index (χ0v) is 17.4. The van der Waals surface area contributed by atoms with Crippen molar-refractivity contribution in [1.29, 1.82) is 0 Å². The lowest BCUT2D eigenvalue weighted by molar-refractivity contribution is -0.384. The van der Waals surface area contributed by atoms with Crippen LogP contribution in [0.4, 0.5) is 5.69 Å². The second kappa shape index (κ2) is 9.31. The molecule has 0 saturated heterocycles. The minimum absolute atomic E-state index is 0.0214. The van der Waals surface area contributed by atoms with E-state index >= 15 is 0 Å². The number of carbonyl (C=O) groups excluding carboxylic acids is 1. The fourth-order valence-corrected chi connectivity index (χ4v) is 2.95. The van der Waals surface area contributed by atoms with E-state index in [2.05, 4.69) is 21.0 Å². The highest BCUT2D eigenvalue weighted by atomic mass is 79.9. The predicted molar refractivity (Wildman–Crippen MR) is 111 cm³/mol. The Kier molecular flexibility index (Phi) is 6.58. The minimum atomic E-state index is -0.736. The zero-order valence-electron chi connectivity index (χ0n) is 15.8. The highest BCUT2D eigenvalue weighted by Crippen LogP contribution is 2.20. The quantitative estimate of drug-likeness (QED) is 0.292. The summed E-state index contributed by atoms with van der Waals surface area (Å²) < 4.78 is 12.5. The number of nitrogens with zero attached hydrogens (tertiary/aromatic N) is 3. The topological polar surface area (TPSA) is 114 Å². The van der Waals surface area contributed by atoms with Gasteiger partial charge in [0.2, 0.25) is 5.69 Å². The van der Waals surface area contributed by atoms with E-state index in [0.717, 1.165) is 15.2 Å². The van der Waals surface area contributed by atoms with Crippen LogP contribution in [0.5, 0.6) is 5.75 Å². The first-order chi connectivity index (χ1) is 14.4. The second-order valence-electron chi connectivity index (χ2n) is 6.02. The summed E-state index contributed by atoms with van der Waals surface area (Å²) in [4.78, 5) is 35.2. The molecule has 0 amide bonds. The number of rotatable bonds is 7. The number of esters is 1. The lowest BCUT2D eigenvalue weighted by Crippen LogP contribution is -2.25. The fraction of sp³-hybridized carbons (Fsp3) is 0.150. The van der Waals surface area contributed by atoms with E-state index in [1.165, 1.54) is 24.3 Å². The highest BCUT2D eigenvalue weighted by molar-refractivity contribution is 9.10. The molecule has 0 saturated carbocycles. The lowest BCUT2D eigenvalue weighted by atomic mass is 10.2. The van der Waals surface area contributed by atoms with Gasteiger partial charge in [-0.1, -0.05) is 22.0 Å². The number of nitro groups is 1. The molecule has 0 spiro atoms. The Labute approximate surface area is 179 Å². The van der Waals surface area contributed by atoms with Gasteiger partial charge in [0.25, 0.3) is 11.2 Å². The summed E-state index contributed by atoms with van der Waals surface area (Å²) in [5, 5.41) is 14.9. The lowest BCUT2D eigenvalue weighted by Gasteiger charge is -2.13. The summed E-state index contributed by atoms with van der Waals surface area (Å²) in [6.07, 6.45) is 0. The van der Waals surface area contributed by atoms with Crippen molar-refractivity contribution in [2.75, 3.05) is 6.61 Å². The average Bonchev–Trinajstić information content (AvgIpc) is 2.72. The van der Waals surface area contributed by atoms with Gasteiger partial charge in [-0.05, 0) is 42.8 Å². The molecule has 9 nitrogen and oxygen atoms in total. The molecule has 0 aliphatic carbocycles. The van der Waals surface area contributed by atoms with E-state index in [-0.39, 0.29) is 30.3 Å². The minimum Gasteiger partial charge on any atom is -0.486 e. The van der Waals surface area contributed by atoms with Crippen LogP contribution in [0, 0.1) is 10.1 Å². The van der Waals surface area contributed by atoms with Crippen LogP contribution in [0.3, 0.4) is 0 Å². The first-order valence-corrected chi connectivity index (χ1v) is 9.62. The summed E-state index contributed by atoms with van der Waals surface area (Å²) >= 11 is 3.33. The van der Waals surface area contributed by atoms with Crippen LogP contribution in [-0.2, 0) is 11.3 Å². The van der Waals surface area contributed by atoms with Crippen LogP contribution in [0.2, 0.25) is 0 Å². The fourth-order valence-electron chi connectivity index (χ4n) is 2.56. The Hall–Kier alpha value is -3.53. The van der Waals surface area contributed by atoms with E-state index in [4.69, 9.17) is 9.47 Å². The molecule has 1 aromatic heterocycles. The molecule has 3 rings (SSSR count). The summed E-state index contributed by atoms with van der Waals surface area (Å²) in [5.74, 6) is -0.775. The second-order valence-corrected chi connectivity index (χ2v) is 6.94. The summed E-state index contributed by atoms with van der Waals surface area (Å²) in [5.41, 5.74) is 0.371. The molecule has 0 bridgehead atoms. The van der Waals surface area contributed by atoms with Crippen LogP contribution in [0.1, 0.15) is 23.0 Å². The number of non-ortho nitro benzene ring substituents is 1. The molecule has 154 valence electrons. The van der Waals surface area contributed by atoms with E-state index < -0.39 is 16.5 Å². The van der Waals surface area contributed by atoms with Gasteiger partial charge in [0.1, 0.15) is 6.61 Å². The average molecular weight is 474 g/mol. The van der Waals surface area contributed by atoms with Gasteiger partial charge < -0.3 is 9.47 Å². The molecule has 2 aromatic carbocycles. The van der Waals surface area contributed by atoms with E-state index in [0.29, 0.717) is 11.3 Å². The van der Waals surface area contributed by atoms with Crippen LogP contribution < -0.4 is 10.3 Å². The molecular formula is C20H16BrN3O6. The third-order valence-corrected chi connectivity index (χ3v) is 4.45. The van der Waals surface area contributed by atoms with Crippen LogP contribution in [0.25, 0.3) is 5.69 Å². The summed E-state index contributed by atoms with van der Waals surface area (Å²) in [7, 11) is 0. The Morgan fingerprint density at radius 2 is 1.93 bits per heavy atom. The molecule has 0 radical (unpaired) electrons. The molecular weight excluding hydrogens is 458 g/mol. The van der Waals surface area contributed by atoms with E-state index in [1.807, 2.05) is 0 Å². The molecule has 0 fully saturated rings. The standard InChI is InChI=1S/C20H16BrN3O6/c1-2-29-20(26)19-17(30-12-13-6-8-15(9-7-13)24(27)28)11-18(25)23(22-19)16-5-3-4-14(21)10-16/h3-11H,2,12H2,1H3. The number of ether oxygens (including phenoxy) is 2. The Bertz CT molecular complexity index is 1140. The number of halogens is 1. The maximum atomic E-state index is 12.6. The van der Waals surface area contributed by atoms with E-state index in [9.17, 15) is 19.7 Å². The van der Waals surface area contributed by atoms with Crippen molar-refractivity contribution in [2.24, 2.45) is 0 Å². The van der Waals surface area contributed by atoms with Crippen molar-refractivity contribution in [2.45, 2.75) is 13.5 Å². The van der Waals surface area contributed by atoms with Gasteiger partial charge in [-0.2, -0.15) is 9.78 Å². The largest absolute Gasteiger partial charge is 0.486 e. The van der Waals surface area contributed by atoms with Crippen molar-refractivity contribution in [3.8, 4) is 11.4 Å². The normalized spacial score (nSPS) is 10.5. The molecule has 0 atom stereocenters. The van der Waals surface area contributed by atoms with Gasteiger partial charge in [0.05, 0.1) is 23.3 Å². The number of nitro benzene ring substituents is 1. The van der Waals surface area contributed by atoms with Crippen LogP contribution >= 0.6 is 15.9 Å². The first-order valence-electron chi connectivity index (χ1n) is 8.82. The zero-order chi connectivity index (χ0) is 21.7. The smallest absolute Gasteiger partial charge is 0.362 e. The van der Waals surface area contributed by atoms with Crippen molar-refractivity contribution in [3.63, 3.8) is 0 Å². The Morgan fingerprint density at radius 1 is 1.20 bits per heavy atom. The molecule has 0 unspecified atom stereocenters. The first kappa shape index (κ1) is 21.2. The van der Waals surface area contributed by atoms with Crippen molar-refractivity contribution >= 4 is 27.6 Å². The molecule has 0 aliphatic heterocycles. The molecule has 10 heteroatoms. The summed E-state index contributed by atoms with van der Waals surface area (Å²) in [6.45, 7) is 1.75. The van der Waals surface area contributed by atoms with Gasteiger partial charge in [-0.3, -0.25) is 14.9 Å².